The lowest BCUT2D eigenvalue weighted by Gasteiger charge is -2.14. The van der Waals surface area contributed by atoms with E-state index in [1.54, 1.807) is 6.21 Å². The fraction of sp³-hybridized carbons (Fsp3) is 0.259. The first-order valence-electron chi connectivity index (χ1n) is 10.7. The van der Waals surface area contributed by atoms with Crippen LogP contribution in [0.2, 0.25) is 0 Å². The number of ether oxygens (including phenoxy) is 2. The Hall–Kier alpha value is -3.60. The lowest BCUT2D eigenvalue weighted by Crippen LogP contribution is -2.25. The number of amides is 1. The predicted molar refractivity (Wildman–Crippen MR) is 128 cm³/mol. The van der Waals surface area contributed by atoms with Crippen molar-refractivity contribution in [2.24, 2.45) is 5.10 Å². The van der Waals surface area contributed by atoms with E-state index >= 15 is 0 Å². The first-order valence-corrected chi connectivity index (χ1v) is 10.7. The number of benzene rings is 3. The van der Waals surface area contributed by atoms with Gasteiger partial charge in [0.2, 0.25) is 0 Å². The molecule has 5 nitrogen and oxygen atoms in total. The minimum absolute atomic E-state index is 0.0910. The fourth-order valence-corrected chi connectivity index (χ4v) is 3.10. The van der Waals surface area contributed by atoms with Gasteiger partial charge in [-0.05, 0) is 72.4 Å². The third-order valence-electron chi connectivity index (χ3n) is 4.96. The molecule has 0 radical (unpaired) electrons. The van der Waals surface area contributed by atoms with Crippen LogP contribution in [-0.2, 0) is 11.4 Å². The zero-order chi connectivity index (χ0) is 22.9. The van der Waals surface area contributed by atoms with Crippen molar-refractivity contribution in [2.75, 3.05) is 6.61 Å². The Labute approximate surface area is 190 Å². The van der Waals surface area contributed by atoms with Gasteiger partial charge in [-0.3, -0.25) is 4.79 Å². The summed E-state index contributed by atoms with van der Waals surface area (Å²) in [5.74, 6) is 1.52. The van der Waals surface area contributed by atoms with E-state index in [2.05, 4.69) is 55.6 Å². The maximum atomic E-state index is 12.1. The molecule has 1 N–H and O–H groups in total. The zero-order valence-corrected chi connectivity index (χ0v) is 19.1. The predicted octanol–water partition coefficient (Wildman–Crippen LogP) is 5.53. The molecule has 0 saturated carbocycles. The van der Waals surface area contributed by atoms with Crippen molar-refractivity contribution < 1.29 is 14.3 Å². The van der Waals surface area contributed by atoms with Gasteiger partial charge in [0.1, 0.15) is 18.1 Å². The van der Waals surface area contributed by atoms with E-state index in [9.17, 15) is 4.79 Å². The van der Waals surface area contributed by atoms with Gasteiger partial charge in [0.15, 0.2) is 6.61 Å². The van der Waals surface area contributed by atoms with Crippen LogP contribution in [0, 0.1) is 13.8 Å². The summed E-state index contributed by atoms with van der Waals surface area (Å²) in [5.41, 5.74) is 7.88. The average molecular weight is 431 g/mol. The molecule has 0 atom stereocenters. The van der Waals surface area contributed by atoms with Crippen molar-refractivity contribution >= 4 is 12.1 Å². The third-order valence-corrected chi connectivity index (χ3v) is 4.96. The Kier molecular flexibility index (Phi) is 8.03. The van der Waals surface area contributed by atoms with Crippen molar-refractivity contribution in [3.8, 4) is 11.5 Å². The molecule has 32 heavy (non-hydrogen) atoms. The summed E-state index contributed by atoms with van der Waals surface area (Å²) in [6.45, 7) is 8.68. The van der Waals surface area contributed by atoms with Gasteiger partial charge in [-0.25, -0.2) is 5.43 Å². The lowest BCUT2D eigenvalue weighted by atomic mass is 10.0. The second kappa shape index (κ2) is 11.1. The molecule has 5 heteroatoms. The Balaban J connectivity index is 1.46. The summed E-state index contributed by atoms with van der Waals surface area (Å²) in [4.78, 5) is 12.1. The molecule has 0 aliphatic heterocycles. The number of hydrazone groups is 1. The van der Waals surface area contributed by atoms with E-state index in [1.807, 2.05) is 49.4 Å². The number of carbonyl (C=O) groups excluding carboxylic acids is 1. The number of nitrogens with zero attached hydrogens (tertiary/aromatic N) is 1. The Morgan fingerprint density at radius 2 is 1.62 bits per heavy atom. The molecule has 3 rings (SSSR count). The van der Waals surface area contributed by atoms with Gasteiger partial charge in [-0.15, -0.1) is 0 Å². The molecule has 0 bridgehead atoms. The minimum Gasteiger partial charge on any atom is -0.489 e. The Morgan fingerprint density at radius 3 is 2.31 bits per heavy atom. The number of nitrogens with one attached hydrogen (secondary N) is 1. The summed E-state index contributed by atoms with van der Waals surface area (Å²) >= 11 is 0. The minimum atomic E-state index is -0.310. The van der Waals surface area contributed by atoms with Crippen LogP contribution < -0.4 is 14.9 Å². The van der Waals surface area contributed by atoms with Crippen LogP contribution in [0.3, 0.4) is 0 Å². The molecule has 0 aliphatic rings. The van der Waals surface area contributed by atoms with Gasteiger partial charge in [-0.2, -0.15) is 5.10 Å². The van der Waals surface area contributed by atoms with E-state index < -0.39 is 0 Å². The average Bonchev–Trinajstić information content (AvgIpc) is 2.78. The van der Waals surface area contributed by atoms with Crippen LogP contribution in [0.1, 0.15) is 47.6 Å². The molecule has 0 unspecified atom stereocenters. The van der Waals surface area contributed by atoms with E-state index in [-0.39, 0.29) is 12.5 Å². The molecule has 0 saturated heterocycles. The molecule has 3 aromatic carbocycles. The van der Waals surface area contributed by atoms with E-state index in [1.165, 1.54) is 5.56 Å². The molecule has 0 spiro atoms. The topological polar surface area (TPSA) is 59.9 Å². The number of rotatable bonds is 9. The molecular formula is C27H30N2O3. The molecule has 0 aromatic heterocycles. The van der Waals surface area contributed by atoms with Gasteiger partial charge in [0.05, 0.1) is 6.21 Å². The van der Waals surface area contributed by atoms with Crippen LogP contribution in [0.15, 0.2) is 71.8 Å². The highest BCUT2D eigenvalue weighted by molar-refractivity contribution is 5.83. The summed E-state index contributed by atoms with van der Waals surface area (Å²) < 4.78 is 11.5. The fourth-order valence-electron chi connectivity index (χ4n) is 3.10. The quantitative estimate of drug-likeness (QED) is 0.358. The second-order valence-corrected chi connectivity index (χ2v) is 8.12. The first-order chi connectivity index (χ1) is 15.4. The highest BCUT2D eigenvalue weighted by atomic mass is 16.5. The van der Waals surface area contributed by atoms with Gasteiger partial charge in [-0.1, -0.05) is 55.8 Å². The molecule has 1 amide bonds. The summed E-state index contributed by atoms with van der Waals surface area (Å²) in [6, 6.07) is 21.8. The van der Waals surface area contributed by atoms with Crippen molar-refractivity contribution in [1.29, 1.82) is 0 Å². The van der Waals surface area contributed by atoms with E-state index in [0.29, 0.717) is 12.5 Å². The normalized spacial score (nSPS) is 11.0. The molecule has 166 valence electrons. The lowest BCUT2D eigenvalue weighted by molar-refractivity contribution is -0.123. The van der Waals surface area contributed by atoms with Crippen molar-refractivity contribution in [3.05, 3.63) is 94.5 Å². The molecule has 0 fully saturated rings. The second-order valence-electron chi connectivity index (χ2n) is 8.12. The summed E-state index contributed by atoms with van der Waals surface area (Å²) in [7, 11) is 0. The van der Waals surface area contributed by atoms with Crippen molar-refractivity contribution in [3.63, 3.8) is 0 Å². The number of hydrogen-bond donors (Lipinski definition) is 1. The van der Waals surface area contributed by atoms with Crippen LogP contribution >= 0.6 is 0 Å². The molecule has 0 aliphatic carbocycles. The van der Waals surface area contributed by atoms with Crippen LogP contribution in [-0.4, -0.2) is 18.7 Å². The highest BCUT2D eigenvalue weighted by Crippen LogP contribution is 2.27. The van der Waals surface area contributed by atoms with E-state index in [4.69, 9.17) is 9.47 Å². The highest BCUT2D eigenvalue weighted by Gasteiger charge is 2.10. The summed E-state index contributed by atoms with van der Waals surface area (Å²) in [5, 5.41) is 4.02. The summed E-state index contributed by atoms with van der Waals surface area (Å²) in [6.07, 6.45) is 1.59. The SMILES string of the molecule is Cc1ccc(COc2ccc(C=NNC(=O)COc3cc(C)ccc3C(C)C)cc2)cc1. The monoisotopic (exact) mass is 430 g/mol. The Morgan fingerprint density at radius 1 is 0.938 bits per heavy atom. The van der Waals surface area contributed by atoms with Gasteiger partial charge < -0.3 is 9.47 Å². The largest absolute Gasteiger partial charge is 0.489 e. The smallest absolute Gasteiger partial charge is 0.277 e. The molecule has 3 aromatic rings. The van der Waals surface area contributed by atoms with Gasteiger partial charge in [0, 0.05) is 0 Å². The van der Waals surface area contributed by atoms with Crippen LogP contribution in [0.5, 0.6) is 11.5 Å². The van der Waals surface area contributed by atoms with Gasteiger partial charge >= 0.3 is 0 Å². The maximum absolute atomic E-state index is 12.1. The van der Waals surface area contributed by atoms with Crippen LogP contribution in [0.25, 0.3) is 0 Å². The van der Waals surface area contributed by atoms with Gasteiger partial charge in [0.25, 0.3) is 5.91 Å². The standard InChI is InChI=1S/C27H30N2O3/c1-19(2)25-14-7-21(4)15-26(25)32-18-27(30)29-28-16-22-10-12-24(13-11-22)31-17-23-8-5-20(3)6-9-23/h5-16,19H,17-18H2,1-4H3,(H,29,30). The first kappa shape index (κ1) is 23.1. The number of carbonyl (C=O) groups is 1. The van der Waals surface area contributed by atoms with Crippen molar-refractivity contribution in [1.82, 2.24) is 5.43 Å². The number of aryl methyl sites for hydroxylation is 2. The third kappa shape index (κ3) is 6.98. The number of hydrogen-bond acceptors (Lipinski definition) is 4. The molecular weight excluding hydrogens is 400 g/mol. The maximum Gasteiger partial charge on any atom is 0.277 e. The van der Waals surface area contributed by atoms with E-state index in [0.717, 1.165) is 33.8 Å². The van der Waals surface area contributed by atoms with Crippen LogP contribution in [0.4, 0.5) is 0 Å². The molecule has 0 heterocycles. The Bertz CT molecular complexity index is 1060. The zero-order valence-electron chi connectivity index (χ0n) is 19.1. The van der Waals surface area contributed by atoms with Crippen molar-refractivity contribution in [2.45, 2.75) is 40.2 Å².